The highest BCUT2D eigenvalue weighted by atomic mass is 16.3. The topological polar surface area (TPSA) is 78.4 Å². The summed E-state index contributed by atoms with van der Waals surface area (Å²) < 4.78 is 0. The van der Waals surface area contributed by atoms with Gasteiger partial charge in [-0.2, -0.15) is 0 Å². The van der Waals surface area contributed by atoms with E-state index in [1.54, 1.807) is 0 Å². The first kappa shape index (κ1) is 19.4. The second-order valence-electron chi connectivity index (χ2n) is 7.90. The number of rotatable bonds is 6. The zero-order valence-corrected chi connectivity index (χ0v) is 15.5. The van der Waals surface area contributed by atoms with Gasteiger partial charge in [-0.25, -0.2) is 0 Å². The fourth-order valence-electron chi connectivity index (χ4n) is 3.10. The van der Waals surface area contributed by atoms with E-state index in [1.807, 2.05) is 24.3 Å². The van der Waals surface area contributed by atoms with Crippen molar-refractivity contribution in [2.24, 2.45) is 5.92 Å². The predicted octanol–water partition coefficient (Wildman–Crippen LogP) is 2.38. The van der Waals surface area contributed by atoms with Gasteiger partial charge in [0.15, 0.2) is 0 Å². The molecule has 3 N–H and O–H groups in total. The second-order valence-corrected chi connectivity index (χ2v) is 7.90. The molecule has 25 heavy (non-hydrogen) atoms. The molecule has 1 aliphatic rings. The minimum absolute atomic E-state index is 0.0555. The van der Waals surface area contributed by atoms with E-state index in [2.05, 4.69) is 31.4 Å². The molecule has 5 heteroatoms. The van der Waals surface area contributed by atoms with Crippen LogP contribution < -0.4 is 10.6 Å². The van der Waals surface area contributed by atoms with Gasteiger partial charge in [-0.15, -0.1) is 0 Å². The largest absolute Gasteiger partial charge is 0.393 e. The summed E-state index contributed by atoms with van der Waals surface area (Å²) in [4.78, 5) is 24.0. The lowest BCUT2D eigenvalue weighted by atomic mass is 9.87. The first-order valence-corrected chi connectivity index (χ1v) is 9.11. The second kappa shape index (κ2) is 8.48. The van der Waals surface area contributed by atoms with Crippen LogP contribution in [-0.2, 0) is 10.2 Å². The molecule has 0 aromatic heterocycles. The van der Waals surface area contributed by atoms with Crippen molar-refractivity contribution >= 4 is 11.8 Å². The number of aliphatic hydroxyl groups is 1. The zero-order valence-electron chi connectivity index (χ0n) is 15.5. The highest BCUT2D eigenvalue weighted by Gasteiger charge is 2.25. The molecule has 1 saturated carbocycles. The van der Waals surface area contributed by atoms with Gasteiger partial charge in [0.05, 0.1) is 6.10 Å². The number of nitrogens with one attached hydrogen (secondary N) is 2. The van der Waals surface area contributed by atoms with Gasteiger partial charge in [-0.1, -0.05) is 39.3 Å². The van der Waals surface area contributed by atoms with Crippen molar-refractivity contribution in [1.82, 2.24) is 10.6 Å². The van der Waals surface area contributed by atoms with Gasteiger partial charge < -0.3 is 15.7 Å². The van der Waals surface area contributed by atoms with Crippen LogP contribution in [0.2, 0.25) is 0 Å². The van der Waals surface area contributed by atoms with E-state index in [0.717, 1.165) is 19.3 Å². The van der Waals surface area contributed by atoms with Crippen molar-refractivity contribution in [2.75, 3.05) is 13.1 Å². The van der Waals surface area contributed by atoms with E-state index < -0.39 is 0 Å². The lowest BCUT2D eigenvalue weighted by molar-refractivity contribution is -0.121. The summed E-state index contributed by atoms with van der Waals surface area (Å²) >= 11 is 0. The molecule has 1 aromatic rings. The Labute approximate surface area is 150 Å². The number of hydrogen-bond acceptors (Lipinski definition) is 3. The van der Waals surface area contributed by atoms with Crippen LogP contribution in [-0.4, -0.2) is 36.1 Å². The van der Waals surface area contributed by atoms with E-state index in [9.17, 15) is 14.7 Å². The SMILES string of the molecule is CC(C)(C)c1ccc(C(=O)NCCC(=O)NCC2CCCC2O)cc1. The van der Waals surface area contributed by atoms with Gasteiger partial charge in [0.2, 0.25) is 5.91 Å². The highest BCUT2D eigenvalue weighted by Crippen LogP contribution is 2.24. The molecule has 5 nitrogen and oxygen atoms in total. The Morgan fingerprint density at radius 1 is 1.12 bits per heavy atom. The standard InChI is InChI=1S/C20H30N2O3/c1-20(2,3)16-9-7-14(8-10-16)19(25)21-12-11-18(24)22-13-15-5-4-6-17(15)23/h7-10,15,17,23H,4-6,11-13H2,1-3H3,(H,21,25)(H,22,24). The molecule has 0 radical (unpaired) electrons. The third-order valence-corrected chi connectivity index (χ3v) is 4.83. The third-order valence-electron chi connectivity index (χ3n) is 4.83. The van der Waals surface area contributed by atoms with Gasteiger partial charge in [-0.3, -0.25) is 9.59 Å². The highest BCUT2D eigenvalue weighted by molar-refractivity contribution is 5.94. The lowest BCUT2D eigenvalue weighted by Crippen LogP contribution is -2.35. The Kier molecular flexibility index (Phi) is 6.59. The van der Waals surface area contributed by atoms with Crippen molar-refractivity contribution < 1.29 is 14.7 Å². The van der Waals surface area contributed by atoms with Crippen LogP contribution in [0.1, 0.15) is 62.4 Å². The van der Waals surface area contributed by atoms with Crippen molar-refractivity contribution in [3.05, 3.63) is 35.4 Å². The normalized spacial score (nSPS) is 20.3. The Morgan fingerprint density at radius 3 is 2.36 bits per heavy atom. The molecule has 1 fully saturated rings. The van der Waals surface area contributed by atoms with Gasteiger partial charge in [0.1, 0.15) is 0 Å². The van der Waals surface area contributed by atoms with Crippen LogP contribution in [0.3, 0.4) is 0 Å². The predicted molar refractivity (Wildman–Crippen MR) is 98.4 cm³/mol. The van der Waals surface area contributed by atoms with Gasteiger partial charge in [0, 0.05) is 31.0 Å². The third kappa shape index (κ3) is 5.85. The van der Waals surface area contributed by atoms with Crippen LogP contribution in [0.4, 0.5) is 0 Å². The molecule has 1 aromatic carbocycles. The number of benzene rings is 1. The minimum atomic E-state index is -0.295. The first-order valence-electron chi connectivity index (χ1n) is 9.11. The molecule has 2 rings (SSSR count). The van der Waals surface area contributed by atoms with E-state index in [1.165, 1.54) is 5.56 Å². The van der Waals surface area contributed by atoms with E-state index in [0.29, 0.717) is 18.7 Å². The zero-order chi connectivity index (χ0) is 18.4. The first-order chi connectivity index (χ1) is 11.8. The smallest absolute Gasteiger partial charge is 0.251 e. The molecule has 0 saturated heterocycles. The number of amides is 2. The average molecular weight is 346 g/mol. The Hall–Kier alpha value is -1.88. The molecule has 0 spiro atoms. The monoisotopic (exact) mass is 346 g/mol. The van der Waals surface area contributed by atoms with Gasteiger partial charge in [0.25, 0.3) is 5.91 Å². The fraction of sp³-hybridized carbons (Fsp3) is 0.600. The van der Waals surface area contributed by atoms with E-state index >= 15 is 0 Å². The number of aliphatic hydroxyl groups excluding tert-OH is 1. The summed E-state index contributed by atoms with van der Waals surface area (Å²) in [7, 11) is 0. The van der Waals surface area contributed by atoms with E-state index in [-0.39, 0.29) is 35.7 Å². The maximum absolute atomic E-state index is 12.1. The maximum atomic E-state index is 12.1. The molecular weight excluding hydrogens is 316 g/mol. The van der Waals surface area contributed by atoms with Crippen molar-refractivity contribution in [1.29, 1.82) is 0 Å². The molecule has 2 atom stereocenters. The van der Waals surface area contributed by atoms with Crippen LogP contribution in [0.15, 0.2) is 24.3 Å². The van der Waals surface area contributed by atoms with Gasteiger partial charge >= 0.3 is 0 Å². The molecule has 138 valence electrons. The summed E-state index contributed by atoms with van der Waals surface area (Å²) in [5, 5.41) is 15.4. The van der Waals surface area contributed by atoms with Crippen molar-refractivity contribution in [2.45, 2.75) is 58.0 Å². The number of carbonyl (C=O) groups excluding carboxylic acids is 2. The molecular formula is C20H30N2O3. The Bertz CT molecular complexity index is 590. The summed E-state index contributed by atoms with van der Waals surface area (Å²) in [5.74, 6) is -0.0955. The molecule has 2 unspecified atom stereocenters. The summed E-state index contributed by atoms with van der Waals surface area (Å²) in [6.45, 7) is 7.21. The maximum Gasteiger partial charge on any atom is 0.251 e. The van der Waals surface area contributed by atoms with Crippen molar-refractivity contribution in [3.8, 4) is 0 Å². The quantitative estimate of drug-likeness (QED) is 0.740. The minimum Gasteiger partial charge on any atom is -0.393 e. The van der Waals surface area contributed by atoms with Crippen LogP contribution in [0.5, 0.6) is 0 Å². The molecule has 1 aliphatic carbocycles. The summed E-state index contributed by atoms with van der Waals surface area (Å²) in [6, 6.07) is 7.57. The van der Waals surface area contributed by atoms with Crippen LogP contribution >= 0.6 is 0 Å². The number of carbonyl (C=O) groups is 2. The van der Waals surface area contributed by atoms with Gasteiger partial charge in [-0.05, 0) is 36.0 Å². The summed E-state index contributed by atoms with van der Waals surface area (Å²) in [5.41, 5.74) is 1.83. The van der Waals surface area contributed by atoms with E-state index in [4.69, 9.17) is 0 Å². The van der Waals surface area contributed by atoms with Crippen LogP contribution in [0, 0.1) is 5.92 Å². The molecule has 2 amide bonds. The fourth-order valence-corrected chi connectivity index (χ4v) is 3.10. The lowest BCUT2D eigenvalue weighted by Gasteiger charge is -2.19. The molecule has 0 heterocycles. The number of hydrogen-bond donors (Lipinski definition) is 3. The summed E-state index contributed by atoms with van der Waals surface area (Å²) in [6.07, 6.45) is 2.75. The Morgan fingerprint density at radius 2 is 1.80 bits per heavy atom. The van der Waals surface area contributed by atoms with Crippen LogP contribution in [0.25, 0.3) is 0 Å². The molecule has 0 bridgehead atoms. The average Bonchev–Trinajstić information content (AvgIpc) is 2.97. The molecule has 0 aliphatic heterocycles. The Balaban J connectivity index is 1.70. The van der Waals surface area contributed by atoms with Crippen molar-refractivity contribution in [3.63, 3.8) is 0 Å².